The first-order chi connectivity index (χ1) is 12.6. The van der Waals surface area contributed by atoms with E-state index in [0.717, 1.165) is 0 Å². The summed E-state index contributed by atoms with van der Waals surface area (Å²) < 4.78 is 15.8. The summed E-state index contributed by atoms with van der Waals surface area (Å²) in [5.74, 6) is -0.594. The molecule has 0 saturated heterocycles. The number of carbonyl (C=O) groups excluding carboxylic acids is 2. The zero-order valence-corrected chi connectivity index (χ0v) is 14.5. The van der Waals surface area contributed by atoms with Gasteiger partial charge in [0.15, 0.2) is 12.2 Å². The van der Waals surface area contributed by atoms with E-state index in [1.165, 1.54) is 0 Å². The molecular formula is C19H16ClNO5. The number of anilines is 1. The highest BCUT2D eigenvalue weighted by molar-refractivity contribution is 6.32. The maximum atomic E-state index is 12.2. The Kier molecular flexibility index (Phi) is 5.76. The van der Waals surface area contributed by atoms with Gasteiger partial charge in [0.2, 0.25) is 11.7 Å². The molecule has 0 aliphatic carbocycles. The lowest BCUT2D eigenvalue weighted by molar-refractivity contribution is -0.140. The largest absolute Gasteiger partial charge is 0.488 e. The van der Waals surface area contributed by atoms with Crippen LogP contribution in [0.1, 0.15) is 0 Å². The van der Waals surface area contributed by atoms with E-state index in [-0.39, 0.29) is 31.3 Å². The molecular weight excluding hydrogens is 358 g/mol. The number of hydrogen-bond donors (Lipinski definition) is 1. The second-order valence-corrected chi connectivity index (χ2v) is 5.73. The summed E-state index contributed by atoms with van der Waals surface area (Å²) in [4.78, 5) is 24.2. The fraction of sp³-hybridized carbons (Fsp3) is 0.158. The van der Waals surface area contributed by atoms with Crippen molar-refractivity contribution in [2.75, 3.05) is 25.1 Å². The van der Waals surface area contributed by atoms with E-state index in [0.29, 0.717) is 16.5 Å². The first kappa shape index (κ1) is 17.8. The fourth-order valence-corrected chi connectivity index (χ4v) is 2.48. The first-order valence-corrected chi connectivity index (χ1v) is 8.30. The Morgan fingerprint density at radius 1 is 1.08 bits per heavy atom. The molecule has 7 heteroatoms. The lowest BCUT2D eigenvalue weighted by Crippen LogP contribution is -2.19. The van der Waals surface area contributed by atoms with E-state index in [1.54, 1.807) is 36.4 Å². The van der Waals surface area contributed by atoms with E-state index in [9.17, 15) is 9.59 Å². The number of hydrogen-bond acceptors (Lipinski definition) is 6. The number of esters is 1. The number of Topliss-reactive ketones (excluding diaryl/α,β-unsaturated/α-hetero) is 1. The predicted molar refractivity (Wildman–Crippen MR) is 96.0 cm³/mol. The van der Waals surface area contributed by atoms with Crippen molar-refractivity contribution < 1.29 is 23.8 Å². The van der Waals surface area contributed by atoms with Crippen molar-refractivity contribution in [3.8, 4) is 5.75 Å². The number of ether oxygens (including phenoxy) is 3. The lowest BCUT2D eigenvalue weighted by atomic mass is 10.2. The van der Waals surface area contributed by atoms with Crippen molar-refractivity contribution in [2.24, 2.45) is 0 Å². The van der Waals surface area contributed by atoms with E-state index in [4.69, 9.17) is 25.8 Å². The third kappa shape index (κ3) is 4.34. The zero-order valence-electron chi connectivity index (χ0n) is 13.7. The zero-order chi connectivity index (χ0) is 18.4. The van der Waals surface area contributed by atoms with E-state index >= 15 is 0 Å². The minimum absolute atomic E-state index is 0.0283. The normalized spacial score (nSPS) is 13.3. The quantitative estimate of drug-likeness (QED) is 0.456. The molecule has 1 heterocycles. The second-order valence-electron chi connectivity index (χ2n) is 5.32. The number of rotatable bonds is 7. The monoisotopic (exact) mass is 373 g/mol. The van der Waals surface area contributed by atoms with Crippen molar-refractivity contribution in [2.45, 2.75) is 0 Å². The Hall–Kier alpha value is -2.99. The number of ketones is 1. The predicted octanol–water partition coefficient (Wildman–Crippen LogP) is 3.19. The van der Waals surface area contributed by atoms with Crippen LogP contribution < -0.4 is 10.1 Å². The first-order valence-electron chi connectivity index (χ1n) is 7.92. The molecule has 0 atom stereocenters. The van der Waals surface area contributed by atoms with Gasteiger partial charge in [-0.1, -0.05) is 41.9 Å². The van der Waals surface area contributed by atoms with Gasteiger partial charge in [-0.25, -0.2) is 4.79 Å². The number of para-hydroxylation sites is 2. The second kappa shape index (κ2) is 8.40. The van der Waals surface area contributed by atoms with Crippen molar-refractivity contribution >= 4 is 29.0 Å². The summed E-state index contributed by atoms with van der Waals surface area (Å²) in [5.41, 5.74) is 0.566. The molecule has 1 aliphatic heterocycles. The van der Waals surface area contributed by atoms with Crippen LogP contribution in [0.3, 0.4) is 0 Å². The summed E-state index contributed by atoms with van der Waals surface area (Å²) in [6.45, 7) is -0.117. The van der Waals surface area contributed by atoms with Crippen LogP contribution in [0.15, 0.2) is 66.1 Å². The Labute approximate surface area is 155 Å². The van der Waals surface area contributed by atoms with Gasteiger partial charge in [-0.15, -0.1) is 0 Å². The van der Waals surface area contributed by atoms with Crippen LogP contribution in [-0.4, -0.2) is 31.6 Å². The highest BCUT2D eigenvalue weighted by atomic mass is 35.5. The van der Waals surface area contributed by atoms with Crippen molar-refractivity contribution in [1.29, 1.82) is 0 Å². The minimum atomic E-state index is -0.756. The van der Waals surface area contributed by atoms with E-state index in [1.807, 2.05) is 18.2 Å². The standard InChI is InChI=1S/C19H16ClNO5/c20-14-8-4-5-9-16(14)24-10-11-25-19(23)17-15(22)12-26-18(17)21-13-6-2-1-3-7-13/h1-9,21H,10-12H2. The summed E-state index contributed by atoms with van der Waals surface area (Å²) in [5, 5.41) is 3.38. The van der Waals surface area contributed by atoms with Crippen molar-refractivity contribution in [3.05, 3.63) is 71.1 Å². The van der Waals surface area contributed by atoms with Gasteiger partial charge in [-0.05, 0) is 24.3 Å². The topological polar surface area (TPSA) is 73.9 Å². The Morgan fingerprint density at radius 2 is 1.81 bits per heavy atom. The van der Waals surface area contributed by atoms with Crippen LogP contribution >= 0.6 is 11.6 Å². The van der Waals surface area contributed by atoms with Gasteiger partial charge in [-0.3, -0.25) is 4.79 Å². The summed E-state index contributed by atoms with van der Waals surface area (Å²) >= 11 is 5.97. The number of benzene rings is 2. The summed E-state index contributed by atoms with van der Waals surface area (Å²) in [7, 11) is 0. The molecule has 0 bridgehead atoms. The van der Waals surface area contributed by atoms with Crippen molar-refractivity contribution in [3.63, 3.8) is 0 Å². The van der Waals surface area contributed by atoms with Crippen LogP contribution in [0.25, 0.3) is 0 Å². The van der Waals surface area contributed by atoms with Crippen molar-refractivity contribution in [1.82, 2.24) is 0 Å². The number of nitrogens with one attached hydrogen (secondary N) is 1. The van der Waals surface area contributed by atoms with Gasteiger partial charge in [0.05, 0.1) is 5.02 Å². The molecule has 0 spiro atoms. The van der Waals surface area contributed by atoms with E-state index in [2.05, 4.69) is 5.32 Å². The molecule has 1 aliphatic rings. The molecule has 0 saturated carbocycles. The van der Waals surface area contributed by atoms with Gasteiger partial charge >= 0.3 is 5.97 Å². The average Bonchev–Trinajstić information content (AvgIpc) is 3.01. The molecule has 2 aromatic carbocycles. The Balaban J connectivity index is 1.57. The van der Waals surface area contributed by atoms with E-state index < -0.39 is 11.8 Å². The van der Waals surface area contributed by atoms with Gasteiger partial charge < -0.3 is 19.5 Å². The molecule has 0 amide bonds. The fourth-order valence-electron chi connectivity index (χ4n) is 2.29. The molecule has 0 unspecified atom stereocenters. The van der Waals surface area contributed by atoms with Crippen LogP contribution in [0.4, 0.5) is 5.69 Å². The average molecular weight is 374 g/mol. The molecule has 2 aromatic rings. The molecule has 26 heavy (non-hydrogen) atoms. The summed E-state index contributed by atoms with van der Waals surface area (Å²) in [6, 6.07) is 16.1. The third-order valence-electron chi connectivity index (χ3n) is 3.50. The maximum Gasteiger partial charge on any atom is 0.347 e. The molecule has 0 radical (unpaired) electrons. The molecule has 0 aromatic heterocycles. The summed E-state index contributed by atoms with van der Waals surface area (Å²) in [6.07, 6.45) is 0. The molecule has 0 fully saturated rings. The minimum Gasteiger partial charge on any atom is -0.488 e. The van der Waals surface area contributed by atoms with Gasteiger partial charge in [0.1, 0.15) is 19.0 Å². The Bertz CT molecular complexity index is 835. The number of halogens is 1. The van der Waals surface area contributed by atoms with Crippen LogP contribution in [0, 0.1) is 0 Å². The molecule has 1 N–H and O–H groups in total. The van der Waals surface area contributed by atoms with Gasteiger partial charge in [-0.2, -0.15) is 0 Å². The third-order valence-corrected chi connectivity index (χ3v) is 3.81. The Morgan fingerprint density at radius 3 is 2.58 bits per heavy atom. The molecule has 3 rings (SSSR count). The maximum absolute atomic E-state index is 12.2. The number of carbonyl (C=O) groups is 2. The smallest absolute Gasteiger partial charge is 0.347 e. The highest BCUT2D eigenvalue weighted by Gasteiger charge is 2.32. The van der Waals surface area contributed by atoms with Crippen LogP contribution in [0.5, 0.6) is 5.75 Å². The SMILES string of the molecule is O=C1COC(Nc2ccccc2)=C1C(=O)OCCOc1ccccc1Cl. The van der Waals surface area contributed by atoms with Crippen LogP contribution in [0.2, 0.25) is 5.02 Å². The molecule has 134 valence electrons. The van der Waals surface area contributed by atoms with Crippen LogP contribution in [-0.2, 0) is 19.1 Å². The van der Waals surface area contributed by atoms with Gasteiger partial charge in [0, 0.05) is 5.69 Å². The van der Waals surface area contributed by atoms with Gasteiger partial charge in [0.25, 0.3) is 0 Å². The lowest BCUT2D eigenvalue weighted by Gasteiger charge is -2.10. The highest BCUT2D eigenvalue weighted by Crippen LogP contribution is 2.23. The molecule has 6 nitrogen and oxygen atoms in total.